The summed E-state index contributed by atoms with van der Waals surface area (Å²) in [7, 11) is 0. The summed E-state index contributed by atoms with van der Waals surface area (Å²) >= 11 is 0. The number of fused-ring (bicyclic) bond motifs is 1. The molecule has 0 amide bonds. The highest BCUT2D eigenvalue weighted by molar-refractivity contribution is 5.04. The lowest BCUT2D eigenvalue weighted by atomic mass is 9.63. The van der Waals surface area contributed by atoms with Crippen LogP contribution in [0.15, 0.2) is 0 Å². The zero-order valence-corrected chi connectivity index (χ0v) is 7.17. The van der Waals surface area contributed by atoms with Crippen molar-refractivity contribution in [3.8, 4) is 0 Å². The summed E-state index contributed by atoms with van der Waals surface area (Å²) in [6.07, 6.45) is 1.46. The normalized spacial score (nSPS) is 46.2. The van der Waals surface area contributed by atoms with Crippen molar-refractivity contribution in [2.75, 3.05) is 6.54 Å². The van der Waals surface area contributed by atoms with E-state index in [0.717, 1.165) is 23.9 Å². The van der Waals surface area contributed by atoms with Gasteiger partial charge in [-0.1, -0.05) is 6.92 Å². The van der Waals surface area contributed by atoms with Gasteiger partial charge in [-0.05, 0) is 32.1 Å². The molecule has 1 saturated heterocycles. The molecule has 3 unspecified atom stereocenters. The molecule has 3 atom stereocenters. The molecule has 1 aliphatic heterocycles. The second-order valence-electron chi connectivity index (χ2n) is 4.23. The summed E-state index contributed by atoms with van der Waals surface area (Å²) < 4.78 is 0. The third-order valence-corrected chi connectivity index (χ3v) is 3.35. The highest BCUT2D eigenvalue weighted by Crippen LogP contribution is 2.46. The topological polar surface area (TPSA) is 3.24 Å². The molecular weight excluding hydrogens is 122 g/mol. The number of piperidine rings is 1. The Hall–Kier alpha value is -0.0400. The number of hydrogen-bond acceptors (Lipinski definition) is 1. The summed E-state index contributed by atoms with van der Waals surface area (Å²) in [6, 6.07) is 1.77. The molecule has 0 bridgehead atoms. The fourth-order valence-corrected chi connectivity index (χ4v) is 2.43. The minimum atomic E-state index is 0.786. The van der Waals surface area contributed by atoms with Gasteiger partial charge in [-0.25, -0.2) is 0 Å². The summed E-state index contributed by atoms with van der Waals surface area (Å²) in [5, 5.41) is 0. The Kier molecular flexibility index (Phi) is 1.31. The first-order valence-electron chi connectivity index (χ1n) is 4.46. The van der Waals surface area contributed by atoms with Crippen molar-refractivity contribution in [3.05, 3.63) is 0 Å². The first-order valence-corrected chi connectivity index (χ1v) is 4.46. The highest BCUT2D eigenvalue weighted by Gasteiger charge is 2.50. The van der Waals surface area contributed by atoms with Crippen LogP contribution in [0.25, 0.3) is 0 Å². The molecule has 0 radical (unpaired) electrons. The van der Waals surface area contributed by atoms with Crippen LogP contribution in [-0.4, -0.2) is 23.5 Å². The van der Waals surface area contributed by atoms with Crippen molar-refractivity contribution in [3.63, 3.8) is 0 Å². The molecule has 2 aliphatic rings. The lowest BCUT2D eigenvalue weighted by Crippen LogP contribution is -2.67. The van der Waals surface area contributed by atoms with E-state index in [9.17, 15) is 0 Å². The fraction of sp³-hybridized carbons (Fsp3) is 1.00. The Morgan fingerprint density at radius 2 is 2.10 bits per heavy atom. The third kappa shape index (κ3) is 0.672. The molecule has 58 valence electrons. The molecule has 0 aromatic rings. The van der Waals surface area contributed by atoms with Crippen LogP contribution in [0, 0.1) is 11.8 Å². The van der Waals surface area contributed by atoms with Gasteiger partial charge in [-0.2, -0.15) is 0 Å². The van der Waals surface area contributed by atoms with Crippen LogP contribution in [0.2, 0.25) is 0 Å². The van der Waals surface area contributed by atoms with Crippen LogP contribution in [0.4, 0.5) is 0 Å². The molecule has 1 saturated carbocycles. The van der Waals surface area contributed by atoms with Crippen LogP contribution < -0.4 is 0 Å². The Bertz CT molecular complexity index is 142. The largest absolute Gasteiger partial charge is 0.297 e. The van der Waals surface area contributed by atoms with E-state index in [0.29, 0.717) is 0 Å². The average molecular weight is 139 g/mol. The second-order valence-corrected chi connectivity index (χ2v) is 4.23. The second kappa shape index (κ2) is 1.97. The molecular formula is C9H17N. The summed E-state index contributed by atoms with van der Waals surface area (Å²) in [5.74, 6) is 2.10. The quantitative estimate of drug-likeness (QED) is 0.535. The first kappa shape index (κ1) is 6.66. The molecule has 2 rings (SSSR count). The zero-order valence-electron chi connectivity index (χ0n) is 7.17. The van der Waals surface area contributed by atoms with Gasteiger partial charge in [0.05, 0.1) is 0 Å². The maximum atomic E-state index is 2.63. The number of hydrogen-bond donors (Lipinski definition) is 0. The molecule has 2 fully saturated rings. The average Bonchev–Trinajstić information content (AvgIpc) is 1.81. The third-order valence-electron chi connectivity index (χ3n) is 3.35. The Morgan fingerprint density at radius 1 is 1.40 bits per heavy atom. The fourth-order valence-electron chi connectivity index (χ4n) is 2.43. The minimum Gasteiger partial charge on any atom is -0.297 e. The number of likely N-dealkylation sites (tertiary alicyclic amines) is 1. The maximum Gasteiger partial charge on any atom is 0.0144 e. The lowest BCUT2D eigenvalue weighted by Gasteiger charge is -2.61. The predicted molar refractivity (Wildman–Crippen MR) is 42.9 cm³/mol. The van der Waals surface area contributed by atoms with E-state index in [1.54, 1.807) is 0 Å². The standard InChI is InChI=1S/C9H17N/c1-6(2)10-5-8-7(3)4-9(8)10/h6-9H,4-5H2,1-3H3. The van der Waals surface area contributed by atoms with Gasteiger partial charge in [0.25, 0.3) is 0 Å². The van der Waals surface area contributed by atoms with E-state index in [-0.39, 0.29) is 0 Å². The smallest absolute Gasteiger partial charge is 0.0144 e. The van der Waals surface area contributed by atoms with Crippen LogP contribution in [-0.2, 0) is 0 Å². The van der Waals surface area contributed by atoms with Gasteiger partial charge in [0.1, 0.15) is 0 Å². The van der Waals surface area contributed by atoms with Gasteiger partial charge in [0.15, 0.2) is 0 Å². The van der Waals surface area contributed by atoms with Gasteiger partial charge in [0.2, 0.25) is 0 Å². The van der Waals surface area contributed by atoms with Crippen molar-refractivity contribution < 1.29 is 0 Å². The van der Waals surface area contributed by atoms with Gasteiger partial charge in [-0.15, -0.1) is 0 Å². The van der Waals surface area contributed by atoms with E-state index >= 15 is 0 Å². The Labute approximate surface area is 63.4 Å². The molecule has 0 aromatic carbocycles. The van der Waals surface area contributed by atoms with E-state index in [4.69, 9.17) is 0 Å². The Morgan fingerprint density at radius 3 is 2.40 bits per heavy atom. The summed E-state index contributed by atoms with van der Waals surface area (Å²) in [5.41, 5.74) is 0. The number of rotatable bonds is 1. The van der Waals surface area contributed by atoms with E-state index < -0.39 is 0 Å². The van der Waals surface area contributed by atoms with E-state index in [2.05, 4.69) is 25.7 Å². The molecule has 0 aromatic heterocycles. The summed E-state index contributed by atoms with van der Waals surface area (Å²) in [4.78, 5) is 2.63. The zero-order chi connectivity index (χ0) is 7.30. The molecule has 10 heavy (non-hydrogen) atoms. The van der Waals surface area contributed by atoms with Crippen LogP contribution >= 0.6 is 0 Å². The van der Waals surface area contributed by atoms with Crippen molar-refractivity contribution in [2.24, 2.45) is 11.8 Å². The van der Waals surface area contributed by atoms with Gasteiger partial charge < -0.3 is 0 Å². The van der Waals surface area contributed by atoms with Crippen LogP contribution in [0.5, 0.6) is 0 Å². The Balaban J connectivity index is 1.89. The van der Waals surface area contributed by atoms with Gasteiger partial charge in [-0.3, -0.25) is 4.90 Å². The van der Waals surface area contributed by atoms with E-state index in [1.165, 1.54) is 13.0 Å². The van der Waals surface area contributed by atoms with Crippen molar-refractivity contribution in [1.82, 2.24) is 4.90 Å². The number of nitrogens with zero attached hydrogens (tertiary/aromatic N) is 1. The van der Waals surface area contributed by atoms with Crippen LogP contribution in [0.1, 0.15) is 27.2 Å². The minimum absolute atomic E-state index is 0.786. The van der Waals surface area contributed by atoms with Gasteiger partial charge >= 0.3 is 0 Å². The molecule has 1 nitrogen and oxygen atoms in total. The van der Waals surface area contributed by atoms with Gasteiger partial charge in [0, 0.05) is 18.6 Å². The summed E-state index contributed by atoms with van der Waals surface area (Å²) in [6.45, 7) is 8.38. The molecule has 1 aliphatic carbocycles. The van der Waals surface area contributed by atoms with E-state index in [1.807, 2.05) is 0 Å². The molecule has 1 heterocycles. The SMILES string of the molecule is CC1CC2C1CN2C(C)C. The maximum absolute atomic E-state index is 2.63. The molecule has 0 spiro atoms. The first-order chi connectivity index (χ1) is 4.70. The molecule has 0 N–H and O–H groups in total. The highest BCUT2D eigenvalue weighted by atomic mass is 15.3. The lowest BCUT2D eigenvalue weighted by molar-refractivity contribution is -0.118. The van der Waals surface area contributed by atoms with Crippen molar-refractivity contribution >= 4 is 0 Å². The van der Waals surface area contributed by atoms with Crippen LogP contribution in [0.3, 0.4) is 0 Å². The predicted octanol–water partition coefficient (Wildman–Crippen LogP) is 1.74. The van der Waals surface area contributed by atoms with Crippen molar-refractivity contribution in [1.29, 1.82) is 0 Å². The monoisotopic (exact) mass is 139 g/mol. The van der Waals surface area contributed by atoms with Crippen molar-refractivity contribution in [2.45, 2.75) is 39.3 Å². The molecule has 1 heteroatoms.